The number of aromatic nitrogens is 3. The van der Waals surface area contributed by atoms with Gasteiger partial charge in [-0.05, 0) is 37.7 Å². The molecule has 4 rings (SSSR count). The van der Waals surface area contributed by atoms with Crippen LogP contribution >= 0.6 is 23.1 Å². The molecule has 8 nitrogen and oxygen atoms in total. The molecule has 0 saturated carbocycles. The largest absolute Gasteiger partial charge is 0.376 e. The highest BCUT2D eigenvalue weighted by molar-refractivity contribution is 8.01. The van der Waals surface area contributed by atoms with Crippen molar-refractivity contribution in [3.05, 3.63) is 50.7 Å². The molecule has 31 heavy (non-hydrogen) atoms. The van der Waals surface area contributed by atoms with Gasteiger partial charge >= 0.3 is 5.69 Å². The van der Waals surface area contributed by atoms with Gasteiger partial charge in [-0.3, -0.25) is 14.2 Å². The third-order valence-electron chi connectivity index (χ3n) is 5.08. The number of carbonyl (C=O) groups excluding carboxylic acids is 1. The summed E-state index contributed by atoms with van der Waals surface area (Å²) in [6.07, 6.45) is 1.90. The summed E-state index contributed by atoms with van der Waals surface area (Å²) in [5.41, 5.74) is 0.749. The Hall–Kier alpha value is -2.43. The second-order valence-electron chi connectivity index (χ2n) is 7.35. The minimum absolute atomic E-state index is 0.00836. The van der Waals surface area contributed by atoms with Gasteiger partial charge in [-0.2, -0.15) is 0 Å². The fourth-order valence-corrected chi connectivity index (χ4v) is 5.47. The second-order valence-corrected chi connectivity index (χ2v) is 9.86. The third kappa shape index (κ3) is 4.60. The molecule has 0 radical (unpaired) electrons. The molecular weight excluding hydrogens is 436 g/mol. The number of benzene rings is 1. The Kier molecular flexibility index (Phi) is 6.59. The van der Waals surface area contributed by atoms with Crippen molar-refractivity contribution in [1.82, 2.24) is 19.4 Å². The maximum absolute atomic E-state index is 13.3. The zero-order valence-corrected chi connectivity index (χ0v) is 19.1. The van der Waals surface area contributed by atoms with Crippen LogP contribution in [0.15, 0.2) is 38.2 Å². The summed E-state index contributed by atoms with van der Waals surface area (Å²) in [5, 5.41) is 2.84. The number of rotatable bonds is 7. The third-order valence-corrected chi connectivity index (χ3v) is 7.14. The predicted molar refractivity (Wildman–Crippen MR) is 123 cm³/mol. The van der Waals surface area contributed by atoms with E-state index in [1.165, 1.54) is 27.7 Å². The molecule has 1 N–H and O–H groups in total. The summed E-state index contributed by atoms with van der Waals surface area (Å²) >= 11 is 2.75. The average molecular weight is 461 g/mol. The van der Waals surface area contributed by atoms with Crippen molar-refractivity contribution < 1.29 is 9.53 Å². The number of hydrogen-bond acceptors (Lipinski definition) is 7. The van der Waals surface area contributed by atoms with Crippen molar-refractivity contribution >= 4 is 39.4 Å². The highest BCUT2D eigenvalue weighted by Gasteiger charge is 2.21. The fourth-order valence-electron chi connectivity index (χ4n) is 3.50. The van der Waals surface area contributed by atoms with Gasteiger partial charge in [-0.1, -0.05) is 36.4 Å². The van der Waals surface area contributed by atoms with Crippen LogP contribution in [0, 0.1) is 6.92 Å². The molecule has 0 unspecified atom stereocenters. The number of carbonyl (C=O) groups is 1. The van der Waals surface area contributed by atoms with Gasteiger partial charge < -0.3 is 10.1 Å². The Morgan fingerprint density at radius 1 is 1.32 bits per heavy atom. The smallest absolute Gasteiger partial charge is 0.337 e. The lowest BCUT2D eigenvalue weighted by atomic mass is 10.2. The van der Waals surface area contributed by atoms with Crippen LogP contribution < -0.4 is 16.6 Å². The summed E-state index contributed by atoms with van der Waals surface area (Å²) in [5.74, 6) is 0.476. The van der Waals surface area contributed by atoms with Crippen LogP contribution in [-0.4, -0.2) is 45.0 Å². The number of fused-ring (bicyclic) bond motifs is 1. The van der Waals surface area contributed by atoms with Crippen LogP contribution in [0.4, 0.5) is 0 Å². The molecule has 1 fully saturated rings. The van der Waals surface area contributed by atoms with Gasteiger partial charge in [0.05, 0.1) is 11.8 Å². The molecule has 0 spiro atoms. The van der Waals surface area contributed by atoms with Crippen LogP contribution in [-0.2, 0) is 16.1 Å². The highest BCUT2D eigenvalue weighted by atomic mass is 32.2. The lowest BCUT2D eigenvalue weighted by molar-refractivity contribution is -0.122. The molecule has 1 aliphatic rings. The van der Waals surface area contributed by atoms with Crippen LogP contribution in [0.3, 0.4) is 0 Å². The maximum Gasteiger partial charge on any atom is 0.337 e. The highest BCUT2D eigenvalue weighted by Crippen LogP contribution is 2.27. The van der Waals surface area contributed by atoms with Crippen molar-refractivity contribution in [2.75, 3.05) is 18.9 Å². The summed E-state index contributed by atoms with van der Waals surface area (Å²) in [6, 6.07) is 7.15. The van der Waals surface area contributed by atoms with Gasteiger partial charge in [0.2, 0.25) is 5.91 Å². The van der Waals surface area contributed by atoms with Gasteiger partial charge in [-0.25, -0.2) is 14.3 Å². The van der Waals surface area contributed by atoms with E-state index in [2.05, 4.69) is 10.3 Å². The second kappa shape index (κ2) is 9.37. The Morgan fingerprint density at radius 2 is 2.10 bits per heavy atom. The summed E-state index contributed by atoms with van der Waals surface area (Å²) < 4.78 is 9.01. The standard InChI is InChI=1S/C21H24N4O4S2/c1-3-30-20-23-18-17(31-20)19(27)25(14-8-6-13(2)7-9-14)21(28)24(18)12-16(26)22-11-15-5-4-10-29-15/h6-9,15H,3-5,10-12H2,1-2H3,(H,22,26)/t15-/m0/s1. The molecular formula is C21H24N4O4S2. The van der Waals surface area contributed by atoms with Gasteiger partial charge in [-0.15, -0.1) is 11.3 Å². The topological polar surface area (TPSA) is 95.2 Å². The summed E-state index contributed by atoms with van der Waals surface area (Å²) in [7, 11) is 0. The van der Waals surface area contributed by atoms with Crippen molar-refractivity contribution in [1.29, 1.82) is 0 Å². The zero-order chi connectivity index (χ0) is 22.0. The number of thiazole rings is 1. The molecule has 0 bridgehead atoms. The number of hydrogen-bond donors (Lipinski definition) is 1. The first kappa shape index (κ1) is 21.8. The molecule has 1 atom stereocenters. The van der Waals surface area contributed by atoms with E-state index in [4.69, 9.17) is 4.74 Å². The van der Waals surface area contributed by atoms with E-state index >= 15 is 0 Å². The van der Waals surface area contributed by atoms with Gasteiger partial charge in [0.25, 0.3) is 5.56 Å². The minimum Gasteiger partial charge on any atom is -0.376 e. The lowest BCUT2D eigenvalue weighted by Crippen LogP contribution is -2.42. The predicted octanol–water partition coefficient (Wildman–Crippen LogP) is 2.32. The van der Waals surface area contributed by atoms with E-state index in [0.717, 1.165) is 28.7 Å². The number of aryl methyl sites for hydroxylation is 1. The van der Waals surface area contributed by atoms with Crippen molar-refractivity contribution in [2.24, 2.45) is 0 Å². The van der Waals surface area contributed by atoms with E-state index in [9.17, 15) is 14.4 Å². The van der Waals surface area contributed by atoms with Crippen LogP contribution in [0.1, 0.15) is 25.3 Å². The van der Waals surface area contributed by atoms with Crippen molar-refractivity contribution in [3.8, 4) is 5.69 Å². The van der Waals surface area contributed by atoms with E-state index in [0.29, 0.717) is 27.9 Å². The van der Waals surface area contributed by atoms with Gasteiger partial charge in [0.1, 0.15) is 11.2 Å². The van der Waals surface area contributed by atoms with Gasteiger partial charge in [0, 0.05) is 13.2 Å². The van der Waals surface area contributed by atoms with E-state index in [1.807, 2.05) is 26.0 Å². The molecule has 10 heteroatoms. The first-order valence-corrected chi connectivity index (χ1v) is 12.0. The van der Waals surface area contributed by atoms with Crippen LogP contribution in [0.25, 0.3) is 16.0 Å². The molecule has 2 aromatic heterocycles. The first-order valence-electron chi connectivity index (χ1n) is 10.2. The lowest BCUT2D eigenvalue weighted by Gasteiger charge is -2.13. The summed E-state index contributed by atoms with van der Waals surface area (Å²) in [6.45, 7) is 4.83. The normalized spacial score (nSPS) is 16.1. The summed E-state index contributed by atoms with van der Waals surface area (Å²) in [4.78, 5) is 43.6. The van der Waals surface area contributed by atoms with E-state index in [1.54, 1.807) is 12.1 Å². The molecule has 0 aliphatic carbocycles. The zero-order valence-electron chi connectivity index (χ0n) is 17.4. The fraction of sp³-hybridized carbons (Fsp3) is 0.429. The molecule has 1 amide bonds. The van der Waals surface area contributed by atoms with Gasteiger partial charge in [0.15, 0.2) is 9.99 Å². The molecule has 3 aromatic rings. The number of ether oxygens (including phenoxy) is 1. The van der Waals surface area contributed by atoms with Crippen LogP contribution in [0.2, 0.25) is 0 Å². The Labute approximate surface area is 187 Å². The number of nitrogens with one attached hydrogen (secondary N) is 1. The van der Waals surface area contributed by atoms with E-state index in [-0.39, 0.29) is 24.2 Å². The van der Waals surface area contributed by atoms with Crippen molar-refractivity contribution in [3.63, 3.8) is 0 Å². The maximum atomic E-state index is 13.3. The molecule has 3 heterocycles. The average Bonchev–Trinajstić information content (AvgIpc) is 3.41. The monoisotopic (exact) mass is 460 g/mol. The molecule has 1 aliphatic heterocycles. The number of amides is 1. The van der Waals surface area contributed by atoms with Crippen LogP contribution in [0.5, 0.6) is 0 Å². The Morgan fingerprint density at radius 3 is 2.77 bits per heavy atom. The van der Waals surface area contributed by atoms with Crippen molar-refractivity contribution in [2.45, 2.75) is 43.7 Å². The molecule has 164 valence electrons. The molecule has 1 saturated heterocycles. The minimum atomic E-state index is -0.577. The molecule has 1 aromatic carbocycles. The number of nitrogens with zero attached hydrogens (tertiary/aromatic N) is 3. The SMILES string of the molecule is CCSc1nc2c(s1)c(=O)n(-c1ccc(C)cc1)c(=O)n2CC(=O)NC[C@@H]1CCCO1. The Balaban J connectivity index is 1.76. The number of thioether (sulfide) groups is 1. The first-order chi connectivity index (χ1) is 15.0. The quantitative estimate of drug-likeness (QED) is 0.544. The van der Waals surface area contributed by atoms with E-state index < -0.39 is 11.2 Å². The Bertz CT molecular complexity index is 1210.